The number of aromatic nitrogens is 4. The number of imidazole rings is 1. The molecule has 0 aromatic carbocycles. The van der Waals surface area contributed by atoms with Crippen LogP contribution in [0.5, 0.6) is 0 Å². The quantitative estimate of drug-likeness (QED) is 0.762. The molecule has 0 spiro atoms. The first-order valence-corrected chi connectivity index (χ1v) is 5.32. The van der Waals surface area contributed by atoms with Crippen molar-refractivity contribution in [1.82, 2.24) is 19.6 Å². The molecular formula is C10H12N4O2. The van der Waals surface area contributed by atoms with Crippen LogP contribution in [-0.2, 0) is 4.74 Å². The van der Waals surface area contributed by atoms with Gasteiger partial charge in [-0.25, -0.2) is 9.50 Å². The molecule has 2 aromatic rings. The predicted molar refractivity (Wildman–Crippen MR) is 56.3 cm³/mol. The Balaban J connectivity index is 2.28. The summed E-state index contributed by atoms with van der Waals surface area (Å²) in [7, 11) is 0. The normalized spacial score (nSPS) is 20.7. The highest BCUT2D eigenvalue weighted by Gasteiger charge is 2.25. The standard InChI is InChI=1S/C10H12N4O2/c1-6-13-8(7-3-2-4-16-7)9-10(15)11-5-12-14(6)9/h5,7H,2-4H2,1H3,(H,11,12,15)/t7-/m1/s1. The van der Waals surface area contributed by atoms with Gasteiger partial charge in [0.05, 0.1) is 0 Å². The van der Waals surface area contributed by atoms with Gasteiger partial charge >= 0.3 is 0 Å². The highest BCUT2D eigenvalue weighted by molar-refractivity contribution is 5.51. The molecule has 3 heterocycles. The monoisotopic (exact) mass is 220 g/mol. The zero-order valence-electron chi connectivity index (χ0n) is 8.93. The Morgan fingerprint density at radius 2 is 2.50 bits per heavy atom. The van der Waals surface area contributed by atoms with Crippen molar-refractivity contribution >= 4 is 5.52 Å². The van der Waals surface area contributed by atoms with Crippen LogP contribution in [0.1, 0.15) is 30.5 Å². The van der Waals surface area contributed by atoms with Crippen molar-refractivity contribution in [3.63, 3.8) is 0 Å². The van der Waals surface area contributed by atoms with Crippen molar-refractivity contribution in [2.75, 3.05) is 6.61 Å². The van der Waals surface area contributed by atoms with Crippen molar-refractivity contribution in [2.45, 2.75) is 25.9 Å². The molecule has 0 amide bonds. The number of aromatic amines is 1. The second kappa shape index (κ2) is 3.41. The summed E-state index contributed by atoms with van der Waals surface area (Å²) >= 11 is 0. The number of aryl methyl sites for hydroxylation is 1. The van der Waals surface area contributed by atoms with Gasteiger partial charge in [-0.15, -0.1) is 0 Å². The number of fused-ring (bicyclic) bond motifs is 1. The van der Waals surface area contributed by atoms with E-state index in [-0.39, 0.29) is 11.7 Å². The summed E-state index contributed by atoms with van der Waals surface area (Å²) in [5.41, 5.74) is 1.05. The van der Waals surface area contributed by atoms with E-state index in [1.165, 1.54) is 6.33 Å². The number of nitrogens with zero attached hydrogens (tertiary/aromatic N) is 3. The van der Waals surface area contributed by atoms with E-state index in [1.807, 2.05) is 6.92 Å². The van der Waals surface area contributed by atoms with Crippen LogP contribution in [0, 0.1) is 6.92 Å². The lowest BCUT2D eigenvalue weighted by molar-refractivity contribution is 0.110. The lowest BCUT2D eigenvalue weighted by Crippen LogP contribution is -2.13. The van der Waals surface area contributed by atoms with Crippen LogP contribution in [0.4, 0.5) is 0 Å². The minimum absolute atomic E-state index is 0.0611. The summed E-state index contributed by atoms with van der Waals surface area (Å²) in [6.07, 6.45) is 3.25. The zero-order chi connectivity index (χ0) is 11.1. The van der Waals surface area contributed by atoms with Gasteiger partial charge < -0.3 is 9.72 Å². The fourth-order valence-electron chi connectivity index (χ4n) is 2.13. The van der Waals surface area contributed by atoms with Gasteiger partial charge in [-0.3, -0.25) is 4.79 Å². The SMILES string of the molecule is Cc1nc([C@H]2CCCO2)c2c(=O)[nH]cnn12. The number of H-pyrrole nitrogens is 1. The maximum atomic E-state index is 11.8. The summed E-state index contributed by atoms with van der Waals surface area (Å²) in [5, 5.41) is 4.08. The van der Waals surface area contributed by atoms with Crippen LogP contribution in [0.3, 0.4) is 0 Å². The number of hydrogen-bond donors (Lipinski definition) is 1. The van der Waals surface area contributed by atoms with E-state index in [9.17, 15) is 4.79 Å². The van der Waals surface area contributed by atoms with Crippen molar-refractivity contribution in [1.29, 1.82) is 0 Å². The minimum atomic E-state index is -0.166. The summed E-state index contributed by atoms with van der Waals surface area (Å²) in [4.78, 5) is 18.7. The number of rotatable bonds is 1. The Morgan fingerprint density at radius 3 is 3.25 bits per heavy atom. The van der Waals surface area contributed by atoms with E-state index in [2.05, 4.69) is 15.1 Å². The molecule has 0 aliphatic carbocycles. The molecule has 0 saturated carbocycles. The van der Waals surface area contributed by atoms with Gasteiger partial charge in [-0.2, -0.15) is 5.10 Å². The topological polar surface area (TPSA) is 72.3 Å². The minimum Gasteiger partial charge on any atom is -0.372 e. The molecule has 3 rings (SSSR count). The lowest BCUT2D eigenvalue weighted by atomic mass is 10.2. The first kappa shape index (κ1) is 9.53. The smallest absolute Gasteiger partial charge is 0.277 e. The molecule has 84 valence electrons. The Bertz CT molecular complexity index is 580. The van der Waals surface area contributed by atoms with E-state index < -0.39 is 0 Å². The molecule has 16 heavy (non-hydrogen) atoms. The molecule has 1 fully saturated rings. The first-order chi connectivity index (χ1) is 7.77. The van der Waals surface area contributed by atoms with Gasteiger partial charge in [0.2, 0.25) is 0 Å². The number of nitrogens with one attached hydrogen (secondary N) is 1. The molecule has 1 atom stereocenters. The zero-order valence-corrected chi connectivity index (χ0v) is 8.93. The molecule has 1 N–H and O–H groups in total. The van der Waals surface area contributed by atoms with Crippen molar-refractivity contribution < 1.29 is 4.74 Å². The molecule has 1 saturated heterocycles. The molecular weight excluding hydrogens is 208 g/mol. The van der Waals surface area contributed by atoms with E-state index in [0.717, 1.165) is 19.4 Å². The van der Waals surface area contributed by atoms with E-state index in [1.54, 1.807) is 4.52 Å². The van der Waals surface area contributed by atoms with Crippen molar-refractivity contribution in [3.8, 4) is 0 Å². The third-order valence-corrected chi connectivity index (χ3v) is 2.86. The summed E-state index contributed by atoms with van der Waals surface area (Å²) in [6.45, 7) is 2.57. The average molecular weight is 220 g/mol. The van der Waals surface area contributed by atoms with Gasteiger partial charge in [0.25, 0.3) is 5.56 Å². The fraction of sp³-hybridized carbons (Fsp3) is 0.500. The molecule has 0 radical (unpaired) electrons. The Hall–Kier alpha value is -1.69. The van der Waals surface area contributed by atoms with Crippen molar-refractivity contribution in [3.05, 3.63) is 28.2 Å². The molecule has 6 heteroatoms. The van der Waals surface area contributed by atoms with Crippen LogP contribution in [0.25, 0.3) is 5.52 Å². The molecule has 2 aromatic heterocycles. The lowest BCUT2D eigenvalue weighted by Gasteiger charge is -2.04. The highest BCUT2D eigenvalue weighted by atomic mass is 16.5. The second-order valence-corrected chi connectivity index (χ2v) is 3.92. The Kier molecular flexibility index (Phi) is 2.03. The molecule has 1 aliphatic heterocycles. The predicted octanol–water partition coefficient (Wildman–Crippen LogP) is 0.578. The van der Waals surface area contributed by atoms with Gasteiger partial charge in [-0.05, 0) is 19.8 Å². The van der Waals surface area contributed by atoms with Crippen molar-refractivity contribution in [2.24, 2.45) is 0 Å². The maximum absolute atomic E-state index is 11.8. The second-order valence-electron chi connectivity index (χ2n) is 3.92. The van der Waals surface area contributed by atoms with Crippen LogP contribution >= 0.6 is 0 Å². The molecule has 6 nitrogen and oxygen atoms in total. The highest BCUT2D eigenvalue weighted by Crippen LogP contribution is 2.29. The average Bonchev–Trinajstić information content (AvgIpc) is 2.87. The Morgan fingerprint density at radius 1 is 1.62 bits per heavy atom. The summed E-state index contributed by atoms with van der Waals surface area (Å²) in [5.74, 6) is 0.714. The van der Waals surface area contributed by atoms with E-state index >= 15 is 0 Å². The van der Waals surface area contributed by atoms with Gasteiger partial charge in [0.15, 0.2) is 5.52 Å². The van der Waals surface area contributed by atoms with Gasteiger partial charge in [-0.1, -0.05) is 0 Å². The van der Waals surface area contributed by atoms with Crippen LogP contribution < -0.4 is 5.56 Å². The van der Waals surface area contributed by atoms with Crippen LogP contribution in [0.2, 0.25) is 0 Å². The first-order valence-electron chi connectivity index (χ1n) is 5.32. The molecule has 1 aliphatic rings. The summed E-state index contributed by atoms with van der Waals surface area (Å²) in [6, 6.07) is 0. The Labute approximate surface area is 91.3 Å². The molecule has 0 bridgehead atoms. The molecule has 0 unspecified atom stereocenters. The van der Waals surface area contributed by atoms with Crippen LogP contribution in [-0.4, -0.2) is 26.2 Å². The summed E-state index contributed by atoms with van der Waals surface area (Å²) < 4.78 is 7.12. The largest absolute Gasteiger partial charge is 0.372 e. The third kappa shape index (κ3) is 1.26. The van der Waals surface area contributed by atoms with Gasteiger partial charge in [0.1, 0.15) is 23.9 Å². The number of hydrogen-bond acceptors (Lipinski definition) is 4. The number of ether oxygens (including phenoxy) is 1. The third-order valence-electron chi connectivity index (χ3n) is 2.86. The van der Waals surface area contributed by atoms with Gasteiger partial charge in [0, 0.05) is 6.61 Å². The van der Waals surface area contributed by atoms with Crippen LogP contribution in [0.15, 0.2) is 11.1 Å². The maximum Gasteiger partial charge on any atom is 0.277 e. The van der Waals surface area contributed by atoms with E-state index in [4.69, 9.17) is 4.74 Å². The van der Waals surface area contributed by atoms with E-state index in [0.29, 0.717) is 17.0 Å². The fourth-order valence-corrected chi connectivity index (χ4v) is 2.13.